The van der Waals surface area contributed by atoms with Crippen molar-refractivity contribution in [2.45, 2.75) is 46.5 Å². The van der Waals surface area contributed by atoms with E-state index in [1.165, 1.54) is 19.3 Å². The molecule has 1 aromatic rings. The number of rotatable bonds is 7. The molecule has 4 nitrogen and oxygen atoms in total. The Hall–Kier alpha value is -1.32. The van der Waals surface area contributed by atoms with Crippen molar-refractivity contribution in [2.75, 3.05) is 23.7 Å². The Bertz CT molecular complexity index is 399. The molecule has 0 aliphatic heterocycles. The van der Waals surface area contributed by atoms with Gasteiger partial charge in [0, 0.05) is 18.7 Å². The average molecular weight is 248 g/mol. The number of nitrogens with one attached hydrogen (secondary N) is 2. The highest BCUT2D eigenvalue weighted by Crippen LogP contribution is 2.32. The van der Waals surface area contributed by atoms with Gasteiger partial charge in [0.25, 0.3) is 0 Å². The first-order valence-corrected chi connectivity index (χ1v) is 7.03. The molecule has 1 saturated carbocycles. The van der Waals surface area contributed by atoms with Crippen LogP contribution in [0, 0.1) is 19.8 Å². The molecule has 0 unspecified atom stereocenters. The number of aromatic nitrogens is 2. The molecule has 1 aromatic heterocycles. The molecule has 1 heterocycles. The van der Waals surface area contributed by atoms with E-state index in [-0.39, 0.29) is 0 Å². The Kier molecular flexibility index (Phi) is 4.39. The lowest BCUT2D eigenvalue weighted by molar-refractivity contribution is 0.756. The Morgan fingerprint density at radius 3 is 2.22 bits per heavy atom. The molecule has 1 fully saturated rings. The van der Waals surface area contributed by atoms with Crippen LogP contribution in [0.25, 0.3) is 0 Å². The fraction of sp³-hybridized carbons (Fsp3) is 0.714. The Morgan fingerprint density at radius 1 is 1.06 bits per heavy atom. The monoisotopic (exact) mass is 248 g/mol. The third kappa shape index (κ3) is 3.59. The lowest BCUT2D eigenvalue weighted by Crippen LogP contribution is -2.11. The van der Waals surface area contributed by atoms with Crippen LogP contribution in [0.2, 0.25) is 0 Å². The van der Waals surface area contributed by atoms with Gasteiger partial charge in [-0.1, -0.05) is 19.8 Å². The van der Waals surface area contributed by atoms with Crippen LogP contribution in [0.5, 0.6) is 0 Å². The summed E-state index contributed by atoms with van der Waals surface area (Å²) in [5.41, 5.74) is 1.13. The van der Waals surface area contributed by atoms with E-state index in [2.05, 4.69) is 34.4 Å². The largest absolute Gasteiger partial charge is 0.370 e. The summed E-state index contributed by atoms with van der Waals surface area (Å²) in [4.78, 5) is 8.96. The molecule has 0 amide bonds. The summed E-state index contributed by atoms with van der Waals surface area (Å²) < 4.78 is 0. The van der Waals surface area contributed by atoms with Gasteiger partial charge in [0.2, 0.25) is 0 Å². The van der Waals surface area contributed by atoms with E-state index in [1.54, 1.807) is 0 Å². The van der Waals surface area contributed by atoms with Crippen LogP contribution in [0.4, 0.5) is 11.6 Å². The topological polar surface area (TPSA) is 49.8 Å². The maximum absolute atomic E-state index is 4.50. The lowest BCUT2D eigenvalue weighted by Gasteiger charge is -2.13. The minimum Gasteiger partial charge on any atom is -0.370 e. The highest BCUT2D eigenvalue weighted by atomic mass is 15.1. The van der Waals surface area contributed by atoms with Crippen LogP contribution in [0.15, 0.2) is 0 Å². The van der Waals surface area contributed by atoms with Crippen molar-refractivity contribution < 1.29 is 0 Å². The smallest absolute Gasteiger partial charge is 0.134 e. The van der Waals surface area contributed by atoms with E-state index in [1.807, 2.05) is 6.92 Å². The second kappa shape index (κ2) is 6.03. The normalized spacial score (nSPS) is 14.6. The zero-order chi connectivity index (χ0) is 13.0. The summed E-state index contributed by atoms with van der Waals surface area (Å²) in [5, 5.41) is 6.82. The van der Waals surface area contributed by atoms with Crippen LogP contribution in [0.3, 0.4) is 0 Å². The number of hydrogen-bond acceptors (Lipinski definition) is 4. The molecule has 0 bridgehead atoms. The van der Waals surface area contributed by atoms with Crippen LogP contribution in [-0.2, 0) is 0 Å². The highest BCUT2D eigenvalue weighted by molar-refractivity contribution is 5.57. The predicted molar refractivity (Wildman–Crippen MR) is 76.1 cm³/mol. The molecule has 0 saturated heterocycles. The van der Waals surface area contributed by atoms with Crippen molar-refractivity contribution in [3.63, 3.8) is 0 Å². The summed E-state index contributed by atoms with van der Waals surface area (Å²) in [6, 6.07) is 0. The summed E-state index contributed by atoms with van der Waals surface area (Å²) in [7, 11) is 0. The van der Waals surface area contributed by atoms with Crippen LogP contribution in [0.1, 0.15) is 44.0 Å². The van der Waals surface area contributed by atoms with Gasteiger partial charge in [-0.05, 0) is 32.6 Å². The van der Waals surface area contributed by atoms with Crippen molar-refractivity contribution in [3.8, 4) is 0 Å². The lowest BCUT2D eigenvalue weighted by atomic mass is 10.2. The minimum absolute atomic E-state index is 0.827. The van der Waals surface area contributed by atoms with E-state index in [9.17, 15) is 0 Å². The van der Waals surface area contributed by atoms with Gasteiger partial charge in [0.15, 0.2) is 0 Å². The second-order valence-electron chi connectivity index (χ2n) is 5.18. The molecule has 1 aliphatic carbocycles. The number of nitrogens with zero attached hydrogens (tertiary/aromatic N) is 2. The van der Waals surface area contributed by atoms with Gasteiger partial charge in [-0.15, -0.1) is 0 Å². The summed E-state index contributed by atoms with van der Waals surface area (Å²) in [6.45, 7) is 8.17. The predicted octanol–water partition coefficient (Wildman–Crippen LogP) is 3.13. The van der Waals surface area contributed by atoms with Gasteiger partial charge in [0.1, 0.15) is 17.5 Å². The van der Waals surface area contributed by atoms with Gasteiger partial charge in [-0.2, -0.15) is 0 Å². The maximum atomic E-state index is 4.50. The van der Waals surface area contributed by atoms with E-state index in [0.29, 0.717) is 0 Å². The first-order valence-electron chi connectivity index (χ1n) is 7.03. The molecule has 100 valence electrons. The van der Waals surface area contributed by atoms with Crippen molar-refractivity contribution in [2.24, 2.45) is 5.92 Å². The van der Waals surface area contributed by atoms with Crippen LogP contribution in [-0.4, -0.2) is 23.1 Å². The molecule has 2 rings (SSSR count). The van der Waals surface area contributed by atoms with Gasteiger partial charge >= 0.3 is 0 Å². The Labute approximate surface area is 110 Å². The maximum Gasteiger partial charge on any atom is 0.134 e. The third-order valence-electron chi connectivity index (χ3n) is 3.34. The zero-order valence-electron chi connectivity index (χ0n) is 11.7. The highest BCUT2D eigenvalue weighted by Gasteiger charge is 2.20. The molecule has 0 aromatic carbocycles. The quantitative estimate of drug-likeness (QED) is 0.778. The number of hydrogen-bond donors (Lipinski definition) is 2. The van der Waals surface area contributed by atoms with E-state index in [0.717, 1.165) is 48.5 Å². The van der Waals surface area contributed by atoms with E-state index >= 15 is 0 Å². The molecule has 1 aliphatic rings. The average Bonchev–Trinajstić information content (AvgIpc) is 3.15. The standard InChI is InChI=1S/C14H24N4/c1-4-8-15-13-10(2)14(18-11(3)17-13)16-9-7-12-5-6-12/h12H,4-9H2,1-3H3,(H2,15,16,17,18). The Morgan fingerprint density at radius 2 is 1.67 bits per heavy atom. The molecule has 18 heavy (non-hydrogen) atoms. The van der Waals surface area contributed by atoms with E-state index < -0.39 is 0 Å². The third-order valence-corrected chi connectivity index (χ3v) is 3.34. The zero-order valence-corrected chi connectivity index (χ0v) is 11.7. The van der Waals surface area contributed by atoms with Crippen LogP contribution >= 0.6 is 0 Å². The first-order chi connectivity index (χ1) is 8.70. The van der Waals surface area contributed by atoms with Gasteiger partial charge < -0.3 is 10.6 Å². The molecule has 0 radical (unpaired) electrons. The van der Waals surface area contributed by atoms with Crippen molar-refractivity contribution >= 4 is 11.6 Å². The molecule has 2 N–H and O–H groups in total. The van der Waals surface area contributed by atoms with Crippen molar-refractivity contribution in [3.05, 3.63) is 11.4 Å². The fourth-order valence-corrected chi connectivity index (χ4v) is 2.02. The summed E-state index contributed by atoms with van der Waals surface area (Å²) in [5.74, 6) is 3.74. The molecule has 4 heteroatoms. The number of aryl methyl sites for hydroxylation is 1. The summed E-state index contributed by atoms with van der Waals surface area (Å²) >= 11 is 0. The molecular weight excluding hydrogens is 224 g/mol. The molecule has 0 atom stereocenters. The SMILES string of the molecule is CCCNc1nc(C)nc(NCCC2CC2)c1C. The minimum atomic E-state index is 0.827. The van der Waals surface area contributed by atoms with Gasteiger partial charge in [-0.3, -0.25) is 0 Å². The van der Waals surface area contributed by atoms with Gasteiger partial charge in [0.05, 0.1) is 0 Å². The summed E-state index contributed by atoms with van der Waals surface area (Å²) in [6.07, 6.45) is 5.19. The van der Waals surface area contributed by atoms with Gasteiger partial charge in [-0.25, -0.2) is 9.97 Å². The van der Waals surface area contributed by atoms with Crippen molar-refractivity contribution in [1.29, 1.82) is 0 Å². The first kappa shape index (κ1) is 13.1. The second-order valence-corrected chi connectivity index (χ2v) is 5.18. The number of anilines is 2. The Balaban J connectivity index is 1.99. The van der Waals surface area contributed by atoms with E-state index in [4.69, 9.17) is 0 Å². The fourth-order valence-electron chi connectivity index (χ4n) is 2.02. The van der Waals surface area contributed by atoms with Crippen molar-refractivity contribution in [1.82, 2.24) is 9.97 Å². The molecular formula is C14H24N4. The molecule has 0 spiro atoms. The van der Waals surface area contributed by atoms with Crippen LogP contribution < -0.4 is 10.6 Å².